The molecule has 2 unspecified atom stereocenters. The summed E-state index contributed by atoms with van der Waals surface area (Å²) in [7, 11) is 6.19. The summed E-state index contributed by atoms with van der Waals surface area (Å²) in [6, 6.07) is 22.2. The minimum atomic E-state index is -0.624. The molecule has 0 saturated heterocycles. The third-order valence-corrected chi connectivity index (χ3v) is 8.03. The molecule has 0 spiro atoms. The van der Waals surface area contributed by atoms with Gasteiger partial charge < -0.3 is 29.6 Å². The van der Waals surface area contributed by atoms with E-state index in [0.29, 0.717) is 56.9 Å². The Bertz CT molecular complexity index is 1640. The first kappa shape index (κ1) is 25.6. The van der Waals surface area contributed by atoms with Gasteiger partial charge in [-0.15, -0.1) is 0 Å². The summed E-state index contributed by atoms with van der Waals surface area (Å²) in [5.74, 6) is 1.50. The molecule has 0 saturated carbocycles. The molecular weight excluding hydrogens is 536 g/mol. The number of carbonyl (C=O) groups excluding carboxylic acids is 2. The van der Waals surface area contributed by atoms with Crippen LogP contribution in [0.15, 0.2) is 72.8 Å². The molecule has 4 aromatic rings. The van der Waals surface area contributed by atoms with Gasteiger partial charge >= 0.3 is 0 Å². The van der Waals surface area contributed by atoms with Gasteiger partial charge in [-0.3, -0.25) is 19.4 Å². The van der Waals surface area contributed by atoms with Crippen molar-refractivity contribution >= 4 is 34.6 Å². The van der Waals surface area contributed by atoms with Crippen LogP contribution in [0, 0.1) is 0 Å². The third-order valence-electron chi connectivity index (χ3n) is 8.03. The molecular formula is C32H28N4O6. The number of hydrogen-bond donors (Lipinski definition) is 2. The molecule has 212 valence electrons. The summed E-state index contributed by atoms with van der Waals surface area (Å²) in [4.78, 5) is 32.3. The van der Waals surface area contributed by atoms with Crippen molar-refractivity contribution < 1.29 is 28.5 Å². The molecule has 2 N–H and O–H groups in total. The molecule has 2 atom stereocenters. The van der Waals surface area contributed by atoms with Crippen molar-refractivity contribution in [2.75, 3.05) is 48.9 Å². The highest BCUT2D eigenvalue weighted by atomic mass is 16.5. The molecule has 4 aromatic carbocycles. The zero-order chi connectivity index (χ0) is 29.1. The Hall–Kier alpha value is -5.38. The van der Waals surface area contributed by atoms with Crippen molar-refractivity contribution in [2.24, 2.45) is 0 Å². The average Bonchev–Trinajstić information content (AvgIpc) is 3.03. The Morgan fingerprint density at radius 1 is 0.548 bits per heavy atom. The number of amides is 2. The molecule has 0 fully saturated rings. The van der Waals surface area contributed by atoms with Crippen LogP contribution in [-0.4, -0.2) is 40.3 Å². The van der Waals surface area contributed by atoms with E-state index < -0.39 is 12.3 Å². The molecule has 2 amide bonds. The predicted molar refractivity (Wildman–Crippen MR) is 158 cm³/mol. The highest BCUT2D eigenvalue weighted by molar-refractivity contribution is 6.16. The summed E-state index contributed by atoms with van der Waals surface area (Å²) in [5, 5.41) is 7.12. The van der Waals surface area contributed by atoms with Crippen molar-refractivity contribution in [3.63, 3.8) is 0 Å². The van der Waals surface area contributed by atoms with Gasteiger partial charge in [0.15, 0.2) is 23.0 Å². The van der Waals surface area contributed by atoms with Crippen LogP contribution < -0.4 is 39.4 Å². The van der Waals surface area contributed by atoms with Gasteiger partial charge in [0.1, 0.15) is 12.3 Å². The summed E-state index contributed by atoms with van der Waals surface area (Å²) < 4.78 is 22.1. The lowest BCUT2D eigenvalue weighted by atomic mass is 9.93. The van der Waals surface area contributed by atoms with Gasteiger partial charge in [0.2, 0.25) is 0 Å². The fourth-order valence-electron chi connectivity index (χ4n) is 6.08. The first-order chi connectivity index (χ1) is 20.5. The maximum Gasteiger partial charge on any atom is 0.262 e. The SMILES string of the molecule is COc1cc2c(cc1OC)C(=O)N1c3ccccc3C3Nc4cc(OC)c(OC)cc4C(=O)N3c3ccccc3C1N2. The number of para-hydroxylation sites is 2. The summed E-state index contributed by atoms with van der Waals surface area (Å²) >= 11 is 0. The summed E-state index contributed by atoms with van der Waals surface area (Å²) in [6.45, 7) is 0. The molecule has 7 rings (SSSR count). The third kappa shape index (κ3) is 3.58. The van der Waals surface area contributed by atoms with E-state index in [0.717, 1.165) is 11.1 Å². The van der Waals surface area contributed by atoms with Crippen LogP contribution in [0.1, 0.15) is 44.2 Å². The van der Waals surface area contributed by atoms with Gasteiger partial charge in [-0.05, 0) is 24.3 Å². The van der Waals surface area contributed by atoms with E-state index in [2.05, 4.69) is 10.6 Å². The summed E-state index contributed by atoms with van der Waals surface area (Å²) in [6.07, 6.45) is -1.25. The number of nitrogens with one attached hydrogen (secondary N) is 2. The van der Waals surface area contributed by atoms with Gasteiger partial charge in [0.25, 0.3) is 11.8 Å². The van der Waals surface area contributed by atoms with Crippen molar-refractivity contribution in [3.05, 3.63) is 95.1 Å². The van der Waals surface area contributed by atoms with Crippen molar-refractivity contribution in [3.8, 4) is 23.0 Å². The maximum atomic E-state index is 14.4. The van der Waals surface area contributed by atoms with Crippen molar-refractivity contribution in [1.29, 1.82) is 0 Å². The molecule has 3 aliphatic rings. The number of nitrogens with zero attached hydrogens (tertiary/aromatic N) is 2. The molecule has 0 bridgehead atoms. The van der Waals surface area contributed by atoms with E-state index >= 15 is 0 Å². The fraction of sp³-hybridized carbons (Fsp3) is 0.188. The standard InChI is InChI=1S/C32H28N4O6/c1-39-25-13-19-21(15-27(25)41-3)33-29-18-10-6-8-12-24(18)36-30(17-9-5-7-11-23(17)35(29)31(19)37)34-22-16-28(42-4)26(40-2)14-20(22)32(36)38/h5-16,29-30,33-34H,1-4H3. The fourth-order valence-corrected chi connectivity index (χ4v) is 6.08. The molecule has 42 heavy (non-hydrogen) atoms. The number of ether oxygens (including phenoxy) is 4. The summed E-state index contributed by atoms with van der Waals surface area (Å²) in [5.41, 5.74) is 4.94. The zero-order valence-electron chi connectivity index (χ0n) is 23.4. The Balaban J connectivity index is 1.48. The van der Waals surface area contributed by atoms with Gasteiger partial charge in [0, 0.05) is 23.3 Å². The number of fused-ring (bicyclic) bond motifs is 10. The van der Waals surface area contributed by atoms with Crippen molar-refractivity contribution in [1.82, 2.24) is 0 Å². The second-order valence-corrected chi connectivity index (χ2v) is 10.1. The molecule has 3 heterocycles. The second-order valence-electron chi connectivity index (χ2n) is 10.1. The first-order valence-corrected chi connectivity index (χ1v) is 13.4. The van der Waals surface area contributed by atoms with Crippen molar-refractivity contribution in [2.45, 2.75) is 12.3 Å². The van der Waals surface area contributed by atoms with Crippen LogP contribution in [0.5, 0.6) is 23.0 Å². The highest BCUT2D eigenvalue weighted by Crippen LogP contribution is 2.50. The lowest BCUT2D eigenvalue weighted by Gasteiger charge is -2.46. The molecule has 10 heteroatoms. The Morgan fingerprint density at radius 2 is 0.905 bits per heavy atom. The monoisotopic (exact) mass is 564 g/mol. The van der Waals surface area contributed by atoms with Gasteiger partial charge in [0.05, 0.1) is 62.3 Å². The topological polar surface area (TPSA) is 102 Å². The van der Waals surface area contributed by atoms with Crippen LogP contribution in [0.3, 0.4) is 0 Å². The molecule has 0 aliphatic carbocycles. The average molecular weight is 565 g/mol. The Morgan fingerprint density at radius 3 is 1.29 bits per heavy atom. The van der Waals surface area contributed by atoms with Crippen LogP contribution >= 0.6 is 0 Å². The molecule has 0 radical (unpaired) electrons. The largest absolute Gasteiger partial charge is 0.493 e. The minimum Gasteiger partial charge on any atom is -0.493 e. The Labute approximate surface area is 242 Å². The Kier molecular flexibility index (Phi) is 5.86. The minimum absolute atomic E-state index is 0.209. The van der Waals surface area contributed by atoms with E-state index in [4.69, 9.17) is 18.9 Å². The smallest absolute Gasteiger partial charge is 0.262 e. The zero-order valence-corrected chi connectivity index (χ0v) is 23.4. The number of anilines is 4. The number of rotatable bonds is 4. The maximum absolute atomic E-state index is 14.4. The number of hydrogen-bond acceptors (Lipinski definition) is 8. The number of benzene rings is 4. The molecule has 0 aromatic heterocycles. The lowest BCUT2D eigenvalue weighted by Crippen LogP contribution is -2.50. The van der Waals surface area contributed by atoms with E-state index in [1.165, 1.54) is 14.2 Å². The quantitative estimate of drug-likeness (QED) is 0.332. The van der Waals surface area contributed by atoms with Crippen LogP contribution in [-0.2, 0) is 0 Å². The van der Waals surface area contributed by atoms with E-state index in [1.807, 2.05) is 48.5 Å². The first-order valence-electron chi connectivity index (χ1n) is 13.4. The van der Waals surface area contributed by atoms with Crippen LogP contribution in [0.4, 0.5) is 22.7 Å². The molecule has 10 nitrogen and oxygen atoms in total. The van der Waals surface area contributed by atoms with Gasteiger partial charge in [-0.2, -0.15) is 0 Å². The normalized spacial score (nSPS) is 17.9. The number of methoxy groups -OCH3 is 4. The molecule has 3 aliphatic heterocycles. The highest BCUT2D eigenvalue weighted by Gasteiger charge is 2.45. The van der Waals surface area contributed by atoms with E-state index in [1.54, 1.807) is 48.3 Å². The number of carbonyl (C=O) groups is 2. The van der Waals surface area contributed by atoms with Crippen LogP contribution in [0.2, 0.25) is 0 Å². The van der Waals surface area contributed by atoms with E-state index in [9.17, 15) is 9.59 Å². The van der Waals surface area contributed by atoms with Crippen LogP contribution in [0.25, 0.3) is 0 Å². The second kappa shape index (κ2) is 9.62. The van der Waals surface area contributed by atoms with E-state index in [-0.39, 0.29) is 11.8 Å². The van der Waals surface area contributed by atoms with Gasteiger partial charge in [-0.25, -0.2) is 0 Å². The van der Waals surface area contributed by atoms with Gasteiger partial charge in [-0.1, -0.05) is 36.4 Å². The lowest BCUT2D eigenvalue weighted by molar-refractivity contribution is 0.0973. The predicted octanol–water partition coefficient (Wildman–Crippen LogP) is 5.58.